The van der Waals surface area contributed by atoms with E-state index in [4.69, 9.17) is 4.52 Å². The molecule has 1 aliphatic carbocycles. The second kappa shape index (κ2) is 9.60. The van der Waals surface area contributed by atoms with Gasteiger partial charge in [-0.25, -0.2) is 4.39 Å². The molecule has 1 unspecified atom stereocenters. The van der Waals surface area contributed by atoms with Crippen LogP contribution in [-0.4, -0.2) is 29.1 Å². The average molecular weight is 448 g/mol. The van der Waals surface area contributed by atoms with Crippen molar-refractivity contribution in [3.8, 4) is 11.4 Å². The molecule has 4 nitrogen and oxygen atoms in total. The van der Waals surface area contributed by atoms with Crippen molar-refractivity contribution in [3.63, 3.8) is 0 Å². The van der Waals surface area contributed by atoms with E-state index >= 15 is 0 Å². The van der Waals surface area contributed by atoms with Gasteiger partial charge in [-0.15, -0.1) is 0 Å². The van der Waals surface area contributed by atoms with Crippen LogP contribution < -0.4 is 0 Å². The zero-order chi connectivity index (χ0) is 23.6. The molecule has 1 aromatic heterocycles. The molecular formula is C28H34FN3O. The molecule has 1 saturated carbocycles. The van der Waals surface area contributed by atoms with Crippen LogP contribution in [0.2, 0.25) is 0 Å². The van der Waals surface area contributed by atoms with E-state index in [-0.39, 0.29) is 11.2 Å². The maximum atomic E-state index is 13.4. The van der Waals surface area contributed by atoms with Crippen LogP contribution in [0.1, 0.15) is 69.5 Å². The Labute approximate surface area is 196 Å². The van der Waals surface area contributed by atoms with Crippen molar-refractivity contribution >= 4 is 6.08 Å². The number of benzene rings is 2. The third kappa shape index (κ3) is 5.59. The Morgan fingerprint density at radius 2 is 1.64 bits per heavy atom. The van der Waals surface area contributed by atoms with Gasteiger partial charge >= 0.3 is 0 Å². The maximum absolute atomic E-state index is 13.4. The summed E-state index contributed by atoms with van der Waals surface area (Å²) < 4.78 is 18.9. The summed E-state index contributed by atoms with van der Waals surface area (Å²) in [5.41, 5.74) is 4.89. The zero-order valence-corrected chi connectivity index (χ0v) is 20.3. The Morgan fingerprint density at radius 1 is 1.00 bits per heavy atom. The molecule has 33 heavy (non-hydrogen) atoms. The first-order chi connectivity index (χ1) is 15.7. The lowest BCUT2D eigenvalue weighted by Gasteiger charge is -2.36. The van der Waals surface area contributed by atoms with Crippen LogP contribution in [-0.2, 0) is 5.41 Å². The SMILES string of the molecule is CN(C)C(c1ccc(F)cc1)C1CCC(=Cc2nc(-c3ccc(C(C)(C)C)cc3)no2)CC1. The van der Waals surface area contributed by atoms with Crippen LogP contribution >= 0.6 is 0 Å². The fourth-order valence-electron chi connectivity index (χ4n) is 4.83. The molecule has 0 bridgehead atoms. The van der Waals surface area contributed by atoms with Gasteiger partial charge in [0.2, 0.25) is 5.82 Å². The molecule has 2 aromatic carbocycles. The summed E-state index contributed by atoms with van der Waals surface area (Å²) in [6, 6.07) is 15.6. The molecule has 0 radical (unpaired) electrons. The molecule has 1 fully saturated rings. The molecule has 0 N–H and O–H groups in total. The number of hydrogen-bond acceptors (Lipinski definition) is 4. The van der Waals surface area contributed by atoms with Gasteiger partial charge in [0, 0.05) is 17.7 Å². The smallest absolute Gasteiger partial charge is 0.250 e. The van der Waals surface area contributed by atoms with Crippen LogP contribution in [0, 0.1) is 11.7 Å². The number of nitrogens with zero attached hydrogens (tertiary/aromatic N) is 3. The Kier molecular flexibility index (Phi) is 6.80. The van der Waals surface area contributed by atoms with E-state index in [0.29, 0.717) is 23.7 Å². The highest BCUT2D eigenvalue weighted by atomic mass is 19.1. The van der Waals surface area contributed by atoms with Crippen LogP contribution in [0.25, 0.3) is 17.5 Å². The normalized spacial score (nSPS) is 17.9. The van der Waals surface area contributed by atoms with Gasteiger partial charge in [0.1, 0.15) is 5.82 Å². The lowest BCUT2D eigenvalue weighted by atomic mass is 9.78. The van der Waals surface area contributed by atoms with Crippen molar-refractivity contribution < 1.29 is 8.91 Å². The summed E-state index contributed by atoms with van der Waals surface area (Å²) in [6.07, 6.45) is 6.24. The third-order valence-corrected chi connectivity index (χ3v) is 6.67. The topological polar surface area (TPSA) is 42.2 Å². The Balaban J connectivity index is 1.42. The monoisotopic (exact) mass is 447 g/mol. The molecule has 3 aromatic rings. The van der Waals surface area contributed by atoms with Gasteiger partial charge in [0.15, 0.2) is 0 Å². The molecular weight excluding hydrogens is 413 g/mol. The summed E-state index contributed by atoms with van der Waals surface area (Å²) in [6.45, 7) is 6.61. The molecule has 5 heteroatoms. The molecule has 0 spiro atoms. The molecule has 1 heterocycles. The molecule has 0 aliphatic heterocycles. The van der Waals surface area contributed by atoms with Crippen LogP contribution in [0.15, 0.2) is 58.6 Å². The van der Waals surface area contributed by atoms with E-state index in [1.807, 2.05) is 12.1 Å². The van der Waals surface area contributed by atoms with Gasteiger partial charge in [0.25, 0.3) is 5.89 Å². The number of rotatable bonds is 5. The predicted molar refractivity (Wildman–Crippen MR) is 131 cm³/mol. The van der Waals surface area contributed by atoms with Gasteiger partial charge in [-0.05, 0) is 74.4 Å². The van der Waals surface area contributed by atoms with E-state index in [2.05, 4.69) is 80.2 Å². The Hall–Kier alpha value is -2.79. The van der Waals surface area contributed by atoms with Gasteiger partial charge < -0.3 is 9.42 Å². The van der Waals surface area contributed by atoms with E-state index in [0.717, 1.165) is 31.2 Å². The second-order valence-electron chi connectivity index (χ2n) is 10.4. The standard InChI is InChI=1S/C28H34FN3O/c1-28(2,3)23-14-10-22(11-15-23)27-30-25(33-31-27)18-19-6-8-20(9-7-19)26(32(4)5)21-12-16-24(29)17-13-21/h10-18,20,26H,6-9H2,1-5H3. The second-order valence-corrected chi connectivity index (χ2v) is 10.4. The first kappa shape index (κ1) is 23.4. The summed E-state index contributed by atoms with van der Waals surface area (Å²) in [7, 11) is 4.21. The van der Waals surface area contributed by atoms with Gasteiger partial charge in [-0.2, -0.15) is 4.98 Å². The molecule has 1 atom stereocenters. The highest BCUT2D eigenvalue weighted by Crippen LogP contribution is 2.39. The Bertz CT molecular complexity index is 1080. The number of aromatic nitrogens is 2. The van der Waals surface area contributed by atoms with Crippen LogP contribution in [0.5, 0.6) is 0 Å². The zero-order valence-electron chi connectivity index (χ0n) is 20.3. The quantitative estimate of drug-likeness (QED) is 0.420. The first-order valence-corrected chi connectivity index (χ1v) is 11.8. The average Bonchev–Trinajstić information content (AvgIpc) is 3.24. The van der Waals surface area contributed by atoms with Crippen LogP contribution in [0.3, 0.4) is 0 Å². The summed E-state index contributed by atoms with van der Waals surface area (Å²) in [5.74, 6) is 1.54. The molecule has 0 saturated heterocycles. The fraction of sp³-hybridized carbons (Fsp3) is 0.429. The largest absolute Gasteiger partial charge is 0.334 e. The Morgan fingerprint density at radius 3 is 2.21 bits per heavy atom. The van der Waals surface area contributed by atoms with Gasteiger partial charge in [-0.3, -0.25) is 0 Å². The van der Waals surface area contributed by atoms with E-state index in [1.54, 1.807) is 12.1 Å². The van der Waals surface area contributed by atoms with Crippen molar-refractivity contribution in [2.75, 3.05) is 14.1 Å². The molecule has 1 aliphatic rings. The molecule has 174 valence electrons. The summed E-state index contributed by atoms with van der Waals surface area (Å²) in [4.78, 5) is 6.86. The number of halogens is 1. The van der Waals surface area contributed by atoms with Crippen molar-refractivity contribution in [2.45, 2.75) is 57.9 Å². The van der Waals surface area contributed by atoms with Crippen molar-refractivity contribution in [1.29, 1.82) is 0 Å². The minimum absolute atomic E-state index is 0.118. The minimum atomic E-state index is -0.186. The van der Waals surface area contributed by atoms with Crippen molar-refractivity contribution in [3.05, 3.63) is 76.9 Å². The predicted octanol–water partition coefficient (Wildman–Crippen LogP) is 7.05. The highest BCUT2D eigenvalue weighted by molar-refractivity contribution is 5.57. The number of hydrogen-bond donors (Lipinski definition) is 0. The summed E-state index contributed by atoms with van der Waals surface area (Å²) >= 11 is 0. The first-order valence-electron chi connectivity index (χ1n) is 11.8. The van der Waals surface area contributed by atoms with E-state index < -0.39 is 0 Å². The fourth-order valence-corrected chi connectivity index (χ4v) is 4.83. The lowest BCUT2D eigenvalue weighted by molar-refractivity contribution is 0.183. The van der Waals surface area contributed by atoms with E-state index in [9.17, 15) is 4.39 Å². The third-order valence-electron chi connectivity index (χ3n) is 6.67. The number of allylic oxidation sites excluding steroid dienone is 1. The van der Waals surface area contributed by atoms with Crippen molar-refractivity contribution in [2.24, 2.45) is 5.92 Å². The van der Waals surface area contributed by atoms with Gasteiger partial charge in [0.05, 0.1) is 0 Å². The lowest BCUT2D eigenvalue weighted by Crippen LogP contribution is -2.29. The van der Waals surface area contributed by atoms with Crippen LogP contribution in [0.4, 0.5) is 4.39 Å². The molecule has 4 rings (SSSR count). The van der Waals surface area contributed by atoms with E-state index in [1.165, 1.54) is 16.7 Å². The highest BCUT2D eigenvalue weighted by Gasteiger charge is 2.28. The van der Waals surface area contributed by atoms with Gasteiger partial charge in [-0.1, -0.05) is 67.9 Å². The maximum Gasteiger partial charge on any atom is 0.250 e. The minimum Gasteiger partial charge on any atom is -0.334 e. The summed E-state index contributed by atoms with van der Waals surface area (Å²) in [5, 5.41) is 4.19. The van der Waals surface area contributed by atoms with Crippen molar-refractivity contribution in [1.82, 2.24) is 15.0 Å². The molecule has 0 amide bonds.